The van der Waals surface area contributed by atoms with Gasteiger partial charge in [0.2, 0.25) is 0 Å². The van der Waals surface area contributed by atoms with Crippen LogP contribution in [0.5, 0.6) is 0 Å². The third-order valence-corrected chi connectivity index (χ3v) is 3.86. The van der Waals surface area contributed by atoms with Gasteiger partial charge in [0.25, 0.3) is 0 Å². The van der Waals surface area contributed by atoms with Gasteiger partial charge in [0, 0.05) is 19.2 Å². The summed E-state index contributed by atoms with van der Waals surface area (Å²) in [7, 11) is 0. The summed E-state index contributed by atoms with van der Waals surface area (Å²) in [6.45, 7) is 3.51. The van der Waals surface area contributed by atoms with Crippen molar-refractivity contribution in [3.05, 3.63) is 0 Å². The van der Waals surface area contributed by atoms with Crippen LogP contribution in [0, 0.1) is 0 Å². The average molecular weight is 240 g/mol. The second kappa shape index (κ2) is 5.71. The van der Waals surface area contributed by atoms with Gasteiger partial charge < -0.3 is 15.4 Å². The Morgan fingerprint density at radius 2 is 2.06 bits per heavy atom. The van der Waals surface area contributed by atoms with Crippen molar-refractivity contribution in [1.82, 2.24) is 10.6 Å². The van der Waals surface area contributed by atoms with Crippen LogP contribution < -0.4 is 10.6 Å². The third-order valence-electron chi connectivity index (χ3n) is 3.86. The number of urea groups is 1. The summed E-state index contributed by atoms with van der Waals surface area (Å²) < 4.78 is 5.64. The minimum absolute atomic E-state index is 0.0337. The molecule has 4 nitrogen and oxygen atoms in total. The lowest BCUT2D eigenvalue weighted by Gasteiger charge is -2.26. The zero-order valence-electron chi connectivity index (χ0n) is 10.8. The lowest BCUT2D eigenvalue weighted by Crippen LogP contribution is -2.47. The number of rotatable bonds is 3. The fourth-order valence-electron chi connectivity index (χ4n) is 2.73. The smallest absolute Gasteiger partial charge is 0.315 e. The second-order valence-electron chi connectivity index (χ2n) is 5.56. The van der Waals surface area contributed by atoms with Gasteiger partial charge in [-0.3, -0.25) is 0 Å². The predicted octanol–water partition coefficient (Wildman–Crippen LogP) is 2.19. The van der Waals surface area contributed by atoms with Crippen LogP contribution in [0.3, 0.4) is 0 Å². The van der Waals surface area contributed by atoms with E-state index in [1.807, 2.05) is 0 Å². The summed E-state index contributed by atoms with van der Waals surface area (Å²) in [5.41, 5.74) is -0.149. The Kier molecular flexibility index (Phi) is 4.26. The van der Waals surface area contributed by atoms with Crippen LogP contribution in [-0.4, -0.2) is 30.8 Å². The van der Waals surface area contributed by atoms with Gasteiger partial charge in [-0.25, -0.2) is 4.79 Å². The third kappa shape index (κ3) is 3.87. The maximum Gasteiger partial charge on any atom is 0.315 e. The molecule has 2 amide bonds. The Bertz CT molecular complexity index is 256. The van der Waals surface area contributed by atoms with Crippen LogP contribution in [-0.2, 0) is 4.74 Å². The SMILES string of the molecule is CC1(CNC(=O)NC2CCCCC2)CCCO1. The van der Waals surface area contributed by atoms with Crippen molar-refractivity contribution in [1.29, 1.82) is 0 Å². The lowest BCUT2D eigenvalue weighted by atomic mass is 9.96. The van der Waals surface area contributed by atoms with Gasteiger partial charge in [-0.2, -0.15) is 0 Å². The maximum absolute atomic E-state index is 11.7. The molecule has 1 unspecified atom stereocenters. The molecule has 0 aromatic carbocycles. The van der Waals surface area contributed by atoms with Crippen LogP contribution in [0.4, 0.5) is 4.79 Å². The van der Waals surface area contributed by atoms with Crippen LogP contribution >= 0.6 is 0 Å². The topological polar surface area (TPSA) is 50.4 Å². The highest BCUT2D eigenvalue weighted by Crippen LogP contribution is 2.23. The molecule has 0 aromatic heterocycles. The normalized spacial score (nSPS) is 30.2. The molecule has 0 radical (unpaired) electrons. The van der Waals surface area contributed by atoms with Crippen molar-refractivity contribution in [3.63, 3.8) is 0 Å². The number of amides is 2. The van der Waals surface area contributed by atoms with E-state index in [0.717, 1.165) is 32.3 Å². The molecule has 1 saturated carbocycles. The number of carbonyl (C=O) groups excluding carboxylic acids is 1. The molecule has 0 bridgehead atoms. The highest BCUT2D eigenvalue weighted by molar-refractivity contribution is 5.74. The molecule has 1 saturated heterocycles. The molecule has 1 aliphatic carbocycles. The molecule has 17 heavy (non-hydrogen) atoms. The standard InChI is InChI=1S/C13H24N2O2/c1-13(8-5-9-17-13)10-14-12(16)15-11-6-3-2-4-7-11/h11H,2-10H2,1H3,(H2,14,15,16). The molecular weight excluding hydrogens is 216 g/mol. The Balaban J connectivity index is 1.66. The first-order valence-electron chi connectivity index (χ1n) is 6.86. The zero-order valence-corrected chi connectivity index (χ0v) is 10.8. The maximum atomic E-state index is 11.7. The van der Waals surface area contributed by atoms with Crippen molar-refractivity contribution in [2.45, 2.75) is 63.5 Å². The van der Waals surface area contributed by atoms with E-state index in [-0.39, 0.29) is 11.6 Å². The Morgan fingerprint density at radius 3 is 2.71 bits per heavy atom. The average Bonchev–Trinajstić information content (AvgIpc) is 2.76. The number of hydrogen-bond acceptors (Lipinski definition) is 2. The molecule has 2 aliphatic rings. The first-order valence-corrected chi connectivity index (χ1v) is 6.86. The molecule has 4 heteroatoms. The van der Waals surface area contributed by atoms with E-state index in [1.165, 1.54) is 19.3 Å². The van der Waals surface area contributed by atoms with E-state index in [0.29, 0.717) is 12.6 Å². The van der Waals surface area contributed by atoms with E-state index in [9.17, 15) is 4.79 Å². The minimum atomic E-state index is -0.149. The summed E-state index contributed by atoms with van der Waals surface area (Å²) in [5.74, 6) is 0. The van der Waals surface area contributed by atoms with Crippen molar-refractivity contribution in [2.75, 3.05) is 13.2 Å². The van der Waals surface area contributed by atoms with Gasteiger partial charge in [-0.05, 0) is 32.6 Å². The molecule has 2 N–H and O–H groups in total. The van der Waals surface area contributed by atoms with Crippen LogP contribution in [0.25, 0.3) is 0 Å². The van der Waals surface area contributed by atoms with E-state index >= 15 is 0 Å². The molecule has 1 heterocycles. The van der Waals surface area contributed by atoms with Crippen molar-refractivity contribution >= 4 is 6.03 Å². The Hall–Kier alpha value is -0.770. The molecule has 2 fully saturated rings. The Morgan fingerprint density at radius 1 is 1.29 bits per heavy atom. The summed E-state index contributed by atoms with van der Waals surface area (Å²) in [5, 5.41) is 5.99. The lowest BCUT2D eigenvalue weighted by molar-refractivity contribution is 0.0228. The molecule has 0 spiro atoms. The Labute approximate surface area is 103 Å². The quantitative estimate of drug-likeness (QED) is 0.794. The first-order chi connectivity index (χ1) is 8.18. The van der Waals surface area contributed by atoms with Crippen LogP contribution in [0.15, 0.2) is 0 Å². The molecule has 0 aromatic rings. The van der Waals surface area contributed by atoms with E-state index in [1.54, 1.807) is 0 Å². The summed E-state index contributed by atoms with van der Waals surface area (Å²) in [6, 6.07) is 0.342. The molecule has 1 atom stereocenters. The molecule has 1 aliphatic heterocycles. The predicted molar refractivity (Wildman–Crippen MR) is 67.0 cm³/mol. The first kappa shape index (κ1) is 12.7. The van der Waals surface area contributed by atoms with Gasteiger partial charge in [-0.1, -0.05) is 19.3 Å². The molecule has 98 valence electrons. The van der Waals surface area contributed by atoms with E-state index < -0.39 is 0 Å². The number of ether oxygens (including phenoxy) is 1. The fourth-order valence-corrected chi connectivity index (χ4v) is 2.73. The van der Waals surface area contributed by atoms with E-state index in [4.69, 9.17) is 4.74 Å². The summed E-state index contributed by atoms with van der Waals surface area (Å²) in [6.07, 6.45) is 8.19. The monoisotopic (exact) mass is 240 g/mol. The van der Waals surface area contributed by atoms with Gasteiger partial charge in [0.15, 0.2) is 0 Å². The van der Waals surface area contributed by atoms with Gasteiger partial charge in [0.1, 0.15) is 0 Å². The number of nitrogens with one attached hydrogen (secondary N) is 2. The van der Waals surface area contributed by atoms with Crippen molar-refractivity contribution < 1.29 is 9.53 Å². The largest absolute Gasteiger partial charge is 0.373 e. The van der Waals surface area contributed by atoms with Crippen molar-refractivity contribution in [2.24, 2.45) is 0 Å². The number of carbonyl (C=O) groups is 1. The second-order valence-corrected chi connectivity index (χ2v) is 5.56. The molecular formula is C13H24N2O2. The minimum Gasteiger partial charge on any atom is -0.373 e. The van der Waals surface area contributed by atoms with Crippen LogP contribution in [0.1, 0.15) is 51.9 Å². The zero-order chi connectivity index (χ0) is 12.1. The molecule has 2 rings (SSSR count). The van der Waals surface area contributed by atoms with Gasteiger partial charge >= 0.3 is 6.03 Å². The van der Waals surface area contributed by atoms with Gasteiger partial charge in [-0.15, -0.1) is 0 Å². The highest BCUT2D eigenvalue weighted by Gasteiger charge is 2.30. The highest BCUT2D eigenvalue weighted by atomic mass is 16.5. The van der Waals surface area contributed by atoms with Crippen molar-refractivity contribution in [3.8, 4) is 0 Å². The summed E-state index contributed by atoms with van der Waals surface area (Å²) >= 11 is 0. The van der Waals surface area contributed by atoms with Crippen LogP contribution in [0.2, 0.25) is 0 Å². The number of hydrogen-bond donors (Lipinski definition) is 2. The van der Waals surface area contributed by atoms with E-state index in [2.05, 4.69) is 17.6 Å². The summed E-state index contributed by atoms with van der Waals surface area (Å²) in [4.78, 5) is 11.7. The van der Waals surface area contributed by atoms with Gasteiger partial charge in [0.05, 0.1) is 5.60 Å². The fraction of sp³-hybridized carbons (Fsp3) is 0.923.